The molecule has 128 valence electrons. The van der Waals surface area contributed by atoms with Gasteiger partial charge in [-0.1, -0.05) is 13.0 Å². The average Bonchev–Trinajstić information content (AvgIpc) is 2.60. The fourth-order valence-electron chi connectivity index (χ4n) is 2.48. The minimum absolute atomic E-state index is 0.135. The van der Waals surface area contributed by atoms with E-state index in [-0.39, 0.29) is 11.5 Å². The van der Waals surface area contributed by atoms with Crippen molar-refractivity contribution in [2.24, 2.45) is 4.99 Å². The largest absolute Gasteiger partial charge is 0.355 e. The molecule has 0 saturated carbocycles. The second kappa shape index (κ2) is 8.14. The molecule has 1 saturated heterocycles. The van der Waals surface area contributed by atoms with Crippen molar-refractivity contribution in [1.29, 1.82) is 0 Å². The Morgan fingerprint density at radius 2 is 2.04 bits per heavy atom. The van der Waals surface area contributed by atoms with E-state index in [1.165, 1.54) is 0 Å². The Hall–Kier alpha value is -1.83. The number of anilines is 1. The molecule has 0 unspecified atom stereocenters. The molecule has 2 rings (SSSR count). The fraction of sp³-hybridized carbons (Fsp3) is 0.600. The molecule has 1 aliphatic heterocycles. The highest BCUT2D eigenvalue weighted by Gasteiger charge is 2.20. The van der Waals surface area contributed by atoms with Gasteiger partial charge in [-0.2, -0.15) is 0 Å². The number of nitrogens with zero attached hydrogens (tertiary/aromatic N) is 4. The average molecular weight is 339 g/mol. The van der Waals surface area contributed by atoms with Gasteiger partial charge < -0.3 is 15.1 Å². The third-order valence-corrected chi connectivity index (χ3v) is 5.61. The van der Waals surface area contributed by atoms with Gasteiger partial charge in [0.15, 0.2) is 15.8 Å². The molecule has 0 spiro atoms. The summed E-state index contributed by atoms with van der Waals surface area (Å²) in [5.41, 5.74) is 0. The van der Waals surface area contributed by atoms with E-state index in [1.54, 1.807) is 20.2 Å². The van der Waals surface area contributed by atoms with Crippen LogP contribution < -0.4 is 10.2 Å². The first-order valence-electron chi connectivity index (χ1n) is 7.87. The summed E-state index contributed by atoms with van der Waals surface area (Å²) in [7, 11) is -1.23. The summed E-state index contributed by atoms with van der Waals surface area (Å²) < 4.78 is 23.1. The topological polar surface area (TPSA) is 77.9 Å². The number of nitrogens with one attached hydrogen (secondary N) is 1. The number of aromatic nitrogens is 1. The molecule has 7 nitrogen and oxygen atoms in total. The molecule has 1 aliphatic rings. The monoisotopic (exact) mass is 339 g/mol. The van der Waals surface area contributed by atoms with E-state index in [0.29, 0.717) is 6.54 Å². The number of rotatable bonds is 5. The van der Waals surface area contributed by atoms with E-state index in [1.807, 2.05) is 18.2 Å². The lowest BCUT2D eigenvalue weighted by Gasteiger charge is -2.37. The fourth-order valence-corrected chi connectivity index (χ4v) is 3.18. The number of piperazine rings is 1. The van der Waals surface area contributed by atoms with E-state index >= 15 is 0 Å². The number of aliphatic imine (C=N–C) groups is 1. The van der Waals surface area contributed by atoms with Crippen molar-refractivity contribution in [3.8, 4) is 0 Å². The highest BCUT2D eigenvalue weighted by Crippen LogP contribution is 2.12. The second-order valence-electron chi connectivity index (χ2n) is 5.37. The number of sulfone groups is 1. The maximum absolute atomic E-state index is 11.5. The summed E-state index contributed by atoms with van der Waals surface area (Å²) in [6, 6.07) is 5.91. The van der Waals surface area contributed by atoms with Crippen molar-refractivity contribution in [1.82, 2.24) is 15.2 Å². The van der Waals surface area contributed by atoms with Crippen LogP contribution in [0.2, 0.25) is 0 Å². The molecule has 2 heterocycles. The summed E-state index contributed by atoms with van der Waals surface area (Å²) in [6.45, 7) is 5.45. The first-order chi connectivity index (χ1) is 11.1. The van der Waals surface area contributed by atoms with E-state index < -0.39 is 9.84 Å². The highest BCUT2D eigenvalue weighted by molar-refractivity contribution is 7.91. The van der Waals surface area contributed by atoms with Gasteiger partial charge in [0.1, 0.15) is 5.82 Å². The van der Waals surface area contributed by atoms with Crippen LogP contribution in [0, 0.1) is 0 Å². The molecule has 0 radical (unpaired) electrons. The summed E-state index contributed by atoms with van der Waals surface area (Å²) in [5.74, 6) is 2.06. The molecule has 1 aromatic rings. The van der Waals surface area contributed by atoms with Crippen LogP contribution in [0.4, 0.5) is 5.82 Å². The summed E-state index contributed by atoms with van der Waals surface area (Å²) in [4.78, 5) is 13.0. The van der Waals surface area contributed by atoms with Gasteiger partial charge in [0.25, 0.3) is 0 Å². The zero-order chi connectivity index (χ0) is 16.7. The zero-order valence-corrected chi connectivity index (χ0v) is 14.6. The quantitative estimate of drug-likeness (QED) is 0.610. The highest BCUT2D eigenvalue weighted by atomic mass is 32.2. The molecule has 0 atom stereocenters. The van der Waals surface area contributed by atoms with Crippen LogP contribution in [0.3, 0.4) is 0 Å². The van der Waals surface area contributed by atoms with Crippen molar-refractivity contribution in [2.45, 2.75) is 6.92 Å². The SMILES string of the molecule is CCS(=O)(=O)CCNC(=NC)N1CCN(c2ccccn2)CC1. The molecular weight excluding hydrogens is 314 g/mol. The number of hydrogen-bond acceptors (Lipinski definition) is 5. The Morgan fingerprint density at radius 1 is 1.30 bits per heavy atom. The molecule has 0 aliphatic carbocycles. The molecular formula is C15H25N5O2S. The molecule has 0 bridgehead atoms. The minimum atomic E-state index is -2.95. The van der Waals surface area contributed by atoms with E-state index in [4.69, 9.17) is 0 Å². The molecule has 0 amide bonds. The molecule has 23 heavy (non-hydrogen) atoms. The van der Waals surface area contributed by atoms with Gasteiger partial charge in [-0.3, -0.25) is 4.99 Å². The Morgan fingerprint density at radius 3 is 2.61 bits per heavy atom. The van der Waals surface area contributed by atoms with Gasteiger partial charge >= 0.3 is 0 Å². The first-order valence-corrected chi connectivity index (χ1v) is 9.70. The number of guanidine groups is 1. The van der Waals surface area contributed by atoms with Gasteiger partial charge in [0, 0.05) is 51.7 Å². The van der Waals surface area contributed by atoms with Crippen molar-refractivity contribution in [3.05, 3.63) is 24.4 Å². The Bertz CT molecular complexity index is 610. The third kappa shape index (κ3) is 5.09. The van der Waals surface area contributed by atoms with Crippen LogP contribution in [0.25, 0.3) is 0 Å². The van der Waals surface area contributed by atoms with E-state index in [0.717, 1.165) is 38.0 Å². The standard InChI is InChI=1S/C15H25N5O2S/c1-3-23(21,22)13-8-18-15(16-2)20-11-9-19(10-12-20)14-6-4-5-7-17-14/h4-7H,3,8-13H2,1-2H3,(H,16,18). The second-order valence-corrected chi connectivity index (χ2v) is 7.85. The predicted molar refractivity (Wildman–Crippen MR) is 93.7 cm³/mol. The van der Waals surface area contributed by atoms with Crippen LogP contribution in [0.5, 0.6) is 0 Å². The predicted octanol–water partition coefficient (Wildman–Crippen LogP) is 0.214. The molecule has 1 aromatic heterocycles. The van der Waals surface area contributed by atoms with Crippen LogP contribution in [0.15, 0.2) is 29.4 Å². The summed E-state index contributed by atoms with van der Waals surface area (Å²) in [6.07, 6.45) is 1.80. The van der Waals surface area contributed by atoms with Crippen molar-refractivity contribution in [2.75, 3.05) is 56.2 Å². The lowest BCUT2D eigenvalue weighted by Crippen LogP contribution is -2.53. The van der Waals surface area contributed by atoms with Crippen LogP contribution in [-0.4, -0.2) is 75.5 Å². The van der Waals surface area contributed by atoms with Gasteiger partial charge in [-0.15, -0.1) is 0 Å². The van der Waals surface area contributed by atoms with E-state index in [2.05, 4.69) is 25.1 Å². The first kappa shape index (κ1) is 17.5. The molecule has 1 fully saturated rings. The van der Waals surface area contributed by atoms with Crippen molar-refractivity contribution in [3.63, 3.8) is 0 Å². The molecule has 0 aromatic carbocycles. The van der Waals surface area contributed by atoms with Gasteiger partial charge in [0.2, 0.25) is 0 Å². The maximum Gasteiger partial charge on any atom is 0.193 e. The number of hydrogen-bond donors (Lipinski definition) is 1. The van der Waals surface area contributed by atoms with Crippen LogP contribution >= 0.6 is 0 Å². The van der Waals surface area contributed by atoms with Gasteiger partial charge in [-0.05, 0) is 12.1 Å². The Kier molecular flexibility index (Phi) is 6.20. The Labute approximate surface area is 138 Å². The zero-order valence-electron chi connectivity index (χ0n) is 13.8. The molecule has 1 N–H and O–H groups in total. The number of pyridine rings is 1. The van der Waals surface area contributed by atoms with Crippen LogP contribution in [-0.2, 0) is 9.84 Å². The smallest absolute Gasteiger partial charge is 0.193 e. The summed E-state index contributed by atoms with van der Waals surface area (Å²) in [5, 5.41) is 3.15. The maximum atomic E-state index is 11.5. The van der Waals surface area contributed by atoms with Crippen molar-refractivity contribution < 1.29 is 8.42 Å². The van der Waals surface area contributed by atoms with Crippen molar-refractivity contribution >= 4 is 21.6 Å². The van der Waals surface area contributed by atoms with Gasteiger partial charge in [0.05, 0.1) is 5.75 Å². The third-order valence-electron chi connectivity index (χ3n) is 3.90. The van der Waals surface area contributed by atoms with E-state index in [9.17, 15) is 8.42 Å². The van der Waals surface area contributed by atoms with Crippen LogP contribution in [0.1, 0.15) is 6.92 Å². The molecule has 8 heteroatoms. The van der Waals surface area contributed by atoms with Gasteiger partial charge in [-0.25, -0.2) is 13.4 Å². The minimum Gasteiger partial charge on any atom is -0.355 e. The lowest BCUT2D eigenvalue weighted by atomic mass is 10.3. The Balaban J connectivity index is 1.83. The summed E-state index contributed by atoms with van der Waals surface area (Å²) >= 11 is 0. The normalized spacial score (nSPS) is 16.5. The lowest BCUT2D eigenvalue weighted by molar-refractivity contribution is 0.372.